The molecule has 0 aromatic heterocycles. The highest BCUT2D eigenvalue weighted by Gasteiger charge is 2.34. The first-order valence-corrected chi connectivity index (χ1v) is 4.35. The van der Waals surface area contributed by atoms with Crippen LogP contribution in [0.1, 0.15) is 33.6 Å². The second-order valence-corrected chi connectivity index (χ2v) is 3.56. The van der Waals surface area contributed by atoms with E-state index in [0.717, 1.165) is 12.8 Å². The van der Waals surface area contributed by atoms with E-state index in [0.29, 0.717) is 5.92 Å². The van der Waals surface area contributed by atoms with Gasteiger partial charge in [-0.15, -0.1) is 0 Å². The number of esters is 1. The topological polar surface area (TPSA) is 26.3 Å². The Morgan fingerprint density at radius 2 is 2.27 bits per heavy atom. The van der Waals surface area contributed by atoms with E-state index in [1.54, 1.807) is 0 Å². The largest absolute Gasteiger partial charge is 0.462 e. The Kier molecular flexibility index (Phi) is 2.53. The van der Waals surface area contributed by atoms with Crippen molar-refractivity contribution in [3.63, 3.8) is 0 Å². The van der Waals surface area contributed by atoms with Crippen LogP contribution in [0.5, 0.6) is 0 Å². The predicted molar refractivity (Wildman–Crippen MR) is 43.1 cm³/mol. The number of hydrogen-bond acceptors (Lipinski definition) is 2. The summed E-state index contributed by atoms with van der Waals surface area (Å²) >= 11 is 0. The van der Waals surface area contributed by atoms with E-state index in [1.807, 2.05) is 6.92 Å². The highest BCUT2D eigenvalue weighted by atomic mass is 16.6. The molecule has 1 heterocycles. The van der Waals surface area contributed by atoms with Gasteiger partial charge >= 0.3 is 5.97 Å². The summed E-state index contributed by atoms with van der Waals surface area (Å²) in [6.07, 6.45) is 2.02. The monoisotopic (exact) mass is 156 g/mol. The van der Waals surface area contributed by atoms with Crippen molar-refractivity contribution in [2.24, 2.45) is 11.8 Å². The number of hydrogen-bond donors (Lipinski definition) is 0. The quantitative estimate of drug-likeness (QED) is 0.571. The lowest BCUT2D eigenvalue weighted by Gasteiger charge is -2.11. The van der Waals surface area contributed by atoms with Crippen LogP contribution < -0.4 is 0 Å². The molecule has 0 bridgehead atoms. The number of ether oxygens (including phenoxy) is 1. The minimum Gasteiger partial charge on any atom is -0.462 e. The van der Waals surface area contributed by atoms with Crippen LogP contribution in [-0.4, -0.2) is 12.1 Å². The summed E-state index contributed by atoms with van der Waals surface area (Å²) in [5, 5.41) is 0. The lowest BCUT2D eigenvalue weighted by Crippen LogP contribution is -2.13. The first-order chi connectivity index (χ1) is 5.15. The van der Waals surface area contributed by atoms with Gasteiger partial charge in [0.1, 0.15) is 6.10 Å². The molecule has 1 rings (SSSR count). The van der Waals surface area contributed by atoms with Gasteiger partial charge in [-0.1, -0.05) is 20.8 Å². The Balaban J connectivity index is 2.49. The Labute approximate surface area is 67.9 Å². The maximum atomic E-state index is 11.1. The van der Waals surface area contributed by atoms with Crippen molar-refractivity contribution in [3.05, 3.63) is 0 Å². The van der Waals surface area contributed by atoms with Crippen molar-refractivity contribution in [1.29, 1.82) is 0 Å². The van der Waals surface area contributed by atoms with E-state index < -0.39 is 0 Å². The molecule has 0 radical (unpaired) electrons. The second kappa shape index (κ2) is 3.24. The molecule has 1 aliphatic heterocycles. The molecule has 0 N–H and O–H groups in total. The summed E-state index contributed by atoms with van der Waals surface area (Å²) in [5.41, 5.74) is 0. The molecule has 2 atom stereocenters. The Morgan fingerprint density at radius 3 is 2.55 bits per heavy atom. The summed E-state index contributed by atoms with van der Waals surface area (Å²) in [7, 11) is 0. The van der Waals surface area contributed by atoms with Gasteiger partial charge in [-0.2, -0.15) is 0 Å². The van der Waals surface area contributed by atoms with Crippen LogP contribution in [0.15, 0.2) is 0 Å². The van der Waals surface area contributed by atoms with Crippen LogP contribution in [0, 0.1) is 11.8 Å². The van der Waals surface area contributed by atoms with E-state index in [1.165, 1.54) is 0 Å². The zero-order valence-corrected chi connectivity index (χ0v) is 7.46. The molecule has 64 valence electrons. The second-order valence-electron chi connectivity index (χ2n) is 3.56. The van der Waals surface area contributed by atoms with Crippen molar-refractivity contribution in [3.8, 4) is 0 Å². The third-order valence-corrected chi connectivity index (χ3v) is 2.35. The number of carbonyl (C=O) groups excluding carboxylic acids is 1. The van der Waals surface area contributed by atoms with E-state index in [4.69, 9.17) is 4.74 Å². The number of carbonyl (C=O) groups is 1. The van der Waals surface area contributed by atoms with Crippen molar-refractivity contribution in [1.82, 2.24) is 0 Å². The molecule has 0 aromatic carbocycles. The molecule has 2 heteroatoms. The van der Waals surface area contributed by atoms with Gasteiger partial charge in [-0.05, 0) is 18.8 Å². The van der Waals surface area contributed by atoms with Crippen LogP contribution in [0.4, 0.5) is 0 Å². The fourth-order valence-corrected chi connectivity index (χ4v) is 1.41. The molecule has 0 aromatic rings. The van der Waals surface area contributed by atoms with Gasteiger partial charge in [0.2, 0.25) is 0 Å². The number of cyclic esters (lactones) is 1. The molecule has 1 fully saturated rings. The van der Waals surface area contributed by atoms with Gasteiger partial charge in [0.05, 0.1) is 5.92 Å². The van der Waals surface area contributed by atoms with Crippen LogP contribution >= 0.6 is 0 Å². The van der Waals surface area contributed by atoms with Crippen LogP contribution in [-0.2, 0) is 9.53 Å². The standard InChI is InChI=1S/C9H16O2/c1-4-7-5-8(6(2)3)11-9(7)10/h6-8H,4-5H2,1-3H3/t7-,8+/m0/s1. The Morgan fingerprint density at radius 1 is 1.64 bits per heavy atom. The maximum absolute atomic E-state index is 11.1. The summed E-state index contributed by atoms with van der Waals surface area (Å²) < 4.78 is 5.19. The van der Waals surface area contributed by atoms with Gasteiger partial charge in [-0.3, -0.25) is 4.79 Å². The molecular weight excluding hydrogens is 140 g/mol. The Bertz CT molecular complexity index is 152. The molecule has 11 heavy (non-hydrogen) atoms. The molecule has 1 saturated heterocycles. The van der Waals surface area contributed by atoms with Crippen molar-refractivity contribution in [2.45, 2.75) is 39.7 Å². The van der Waals surface area contributed by atoms with Gasteiger partial charge in [0, 0.05) is 0 Å². The molecule has 0 amide bonds. The highest BCUT2D eigenvalue weighted by Crippen LogP contribution is 2.27. The molecular formula is C9H16O2. The highest BCUT2D eigenvalue weighted by molar-refractivity contribution is 5.74. The zero-order chi connectivity index (χ0) is 8.43. The van der Waals surface area contributed by atoms with Gasteiger partial charge in [-0.25, -0.2) is 0 Å². The fourth-order valence-electron chi connectivity index (χ4n) is 1.41. The van der Waals surface area contributed by atoms with E-state index in [9.17, 15) is 4.79 Å². The van der Waals surface area contributed by atoms with E-state index in [-0.39, 0.29) is 18.0 Å². The Hall–Kier alpha value is -0.530. The summed E-state index contributed by atoms with van der Waals surface area (Å²) in [6, 6.07) is 0. The summed E-state index contributed by atoms with van der Waals surface area (Å²) in [4.78, 5) is 11.1. The van der Waals surface area contributed by atoms with Crippen molar-refractivity contribution in [2.75, 3.05) is 0 Å². The summed E-state index contributed by atoms with van der Waals surface area (Å²) in [6.45, 7) is 6.22. The van der Waals surface area contributed by atoms with E-state index in [2.05, 4.69) is 13.8 Å². The SMILES string of the molecule is CC[C@H]1C[C@H](C(C)C)OC1=O. The van der Waals surface area contributed by atoms with Gasteiger partial charge in [0.15, 0.2) is 0 Å². The molecule has 0 unspecified atom stereocenters. The average molecular weight is 156 g/mol. The van der Waals surface area contributed by atoms with Crippen molar-refractivity contribution < 1.29 is 9.53 Å². The fraction of sp³-hybridized carbons (Fsp3) is 0.889. The maximum Gasteiger partial charge on any atom is 0.309 e. The normalized spacial score (nSPS) is 31.1. The minimum absolute atomic E-state index is 0.00574. The summed E-state index contributed by atoms with van der Waals surface area (Å²) in [5.74, 6) is 0.643. The molecule has 1 aliphatic rings. The van der Waals surface area contributed by atoms with Gasteiger partial charge < -0.3 is 4.74 Å². The molecule has 0 spiro atoms. The predicted octanol–water partition coefficient (Wildman–Crippen LogP) is 1.98. The van der Waals surface area contributed by atoms with Crippen LogP contribution in [0.3, 0.4) is 0 Å². The third-order valence-electron chi connectivity index (χ3n) is 2.35. The minimum atomic E-state index is 0.00574. The number of rotatable bonds is 2. The van der Waals surface area contributed by atoms with Crippen LogP contribution in [0.25, 0.3) is 0 Å². The first kappa shape index (κ1) is 8.57. The molecule has 0 aliphatic carbocycles. The molecule has 0 saturated carbocycles. The lowest BCUT2D eigenvalue weighted by molar-refractivity contribution is -0.145. The average Bonchev–Trinajstić information content (AvgIpc) is 2.31. The lowest BCUT2D eigenvalue weighted by atomic mass is 9.97. The molecule has 2 nitrogen and oxygen atoms in total. The zero-order valence-electron chi connectivity index (χ0n) is 7.46. The smallest absolute Gasteiger partial charge is 0.309 e. The van der Waals surface area contributed by atoms with Crippen molar-refractivity contribution >= 4 is 5.97 Å². The first-order valence-electron chi connectivity index (χ1n) is 4.35. The van der Waals surface area contributed by atoms with Crippen LogP contribution in [0.2, 0.25) is 0 Å². The third kappa shape index (κ3) is 1.73. The van der Waals surface area contributed by atoms with E-state index >= 15 is 0 Å². The van der Waals surface area contributed by atoms with Gasteiger partial charge in [0.25, 0.3) is 0 Å².